The van der Waals surface area contributed by atoms with Gasteiger partial charge in [-0.25, -0.2) is 9.59 Å². The van der Waals surface area contributed by atoms with Crippen molar-refractivity contribution < 1.29 is 29.3 Å². The number of phenols is 2. The standard InChI is InChI=1S/C11H12O6/c1-5-8(10(14)16-2)6(12)4-7(13)9(5)11(15)17-3/h4,12-13H,1-3H3. The number of carbonyl (C=O) groups is 2. The maximum atomic E-state index is 11.4. The van der Waals surface area contributed by atoms with E-state index in [2.05, 4.69) is 9.47 Å². The lowest BCUT2D eigenvalue weighted by molar-refractivity contribution is 0.0593. The van der Waals surface area contributed by atoms with Gasteiger partial charge < -0.3 is 19.7 Å². The normalized spacial score (nSPS) is 9.82. The van der Waals surface area contributed by atoms with E-state index in [9.17, 15) is 19.8 Å². The van der Waals surface area contributed by atoms with Crippen molar-refractivity contribution in [1.82, 2.24) is 0 Å². The van der Waals surface area contributed by atoms with Crippen LogP contribution in [-0.4, -0.2) is 36.4 Å². The first-order chi connectivity index (χ1) is 7.93. The maximum Gasteiger partial charge on any atom is 0.341 e. The van der Waals surface area contributed by atoms with Gasteiger partial charge in [-0.3, -0.25) is 0 Å². The molecule has 0 aliphatic rings. The van der Waals surface area contributed by atoms with Crippen LogP contribution in [0.25, 0.3) is 0 Å². The third-order valence-corrected chi connectivity index (χ3v) is 2.31. The lowest BCUT2D eigenvalue weighted by atomic mass is 10.00. The Balaban J connectivity index is 3.54. The van der Waals surface area contributed by atoms with E-state index in [0.29, 0.717) is 0 Å². The highest BCUT2D eigenvalue weighted by molar-refractivity contribution is 6.01. The van der Waals surface area contributed by atoms with Crippen LogP contribution < -0.4 is 0 Å². The van der Waals surface area contributed by atoms with Gasteiger partial charge >= 0.3 is 11.9 Å². The molecule has 0 unspecified atom stereocenters. The molecule has 6 nitrogen and oxygen atoms in total. The number of methoxy groups -OCH3 is 2. The fourth-order valence-electron chi connectivity index (χ4n) is 1.50. The summed E-state index contributed by atoms with van der Waals surface area (Å²) in [6.45, 7) is 1.40. The molecule has 0 heterocycles. The monoisotopic (exact) mass is 240 g/mol. The number of carbonyl (C=O) groups excluding carboxylic acids is 2. The average Bonchev–Trinajstić information content (AvgIpc) is 2.27. The molecule has 1 rings (SSSR count). The second-order valence-electron chi connectivity index (χ2n) is 3.27. The summed E-state index contributed by atoms with van der Waals surface area (Å²) in [5.74, 6) is -2.52. The Morgan fingerprint density at radius 1 is 1.00 bits per heavy atom. The minimum atomic E-state index is -0.801. The molecule has 0 bridgehead atoms. The second kappa shape index (κ2) is 4.73. The molecule has 92 valence electrons. The summed E-state index contributed by atoms with van der Waals surface area (Å²) in [6, 6.07) is 0.894. The van der Waals surface area contributed by atoms with Gasteiger partial charge in [-0.1, -0.05) is 0 Å². The van der Waals surface area contributed by atoms with E-state index in [1.165, 1.54) is 6.92 Å². The summed E-state index contributed by atoms with van der Waals surface area (Å²) >= 11 is 0. The molecule has 1 aromatic carbocycles. The zero-order valence-electron chi connectivity index (χ0n) is 9.60. The van der Waals surface area contributed by atoms with Crippen LogP contribution in [0.4, 0.5) is 0 Å². The van der Waals surface area contributed by atoms with Crippen molar-refractivity contribution in [3.8, 4) is 11.5 Å². The smallest absolute Gasteiger partial charge is 0.341 e. The van der Waals surface area contributed by atoms with Crippen molar-refractivity contribution in [2.45, 2.75) is 6.92 Å². The summed E-state index contributed by atoms with van der Waals surface area (Å²) in [6.07, 6.45) is 0. The summed E-state index contributed by atoms with van der Waals surface area (Å²) in [5, 5.41) is 19.1. The molecule has 2 N–H and O–H groups in total. The van der Waals surface area contributed by atoms with Crippen LogP contribution in [0, 0.1) is 6.92 Å². The van der Waals surface area contributed by atoms with Gasteiger partial charge in [-0.2, -0.15) is 0 Å². The first-order valence-corrected chi connectivity index (χ1v) is 4.66. The van der Waals surface area contributed by atoms with Crippen LogP contribution in [0.1, 0.15) is 26.3 Å². The maximum absolute atomic E-state index is 11.4. The third-order valence-electron chi connectivity index (χ3n) is 2.31. The highest BCUT2D eigenvalue weighted by Crippen LogP contribution is 2.32. The number of aromatic hydroxyl groups is 2. The quantitative estimate of drug-likeness (QED) is 0.748. The Hall–Kier alpha value is -2.24. The van der Waals surface area contributed by atoms with Crippen molar-refractivity contribution >= 4 is 11.9 Å². The second-order valence-corrected chi connectivity index (χ2v) is 3.27. The van der Waals surface area contributed by atoms with Crippen LogP contribution in [0.3, 0.4) is 0 Å². The number of hydrogen-bond acceptors (Lipinski definition) is 6. The predicted molar refractivity (Wildman–Crippen MR) is 57.2 cm³/mol. The van der Waals surface area contributed by atoms with Crippen molar-refractivity contribution in [2.24, 2.45) is 0 Å². The number of hydrogen-bond donors (Lipinski definition) is 2. The molecular weight excluding hydrogens is 228 g/mol. The SMILES string of the molecule is COC(=O)c1c(O)cc(O)c(C(=O)OC)c1C. The Morgan fingerprint density at radius 2 is 1.35 bits per heavy atom. The predicted octanol–water partition coefficient (Wildman–Crippen LogP) is 0.979. The van der Waals surface area contributed by atoms with Crippen LogP contribution >= 0.6 is 0 Å². The van der Waals surface area contributed by atoms with E-state index < -0.39 is 23.4 Å². The molecule has 0 fully saturated rings. The van der Waals surface area contributed by atoms with Crippen molar-refractivity contribution in [1.29, 1.82) is 0 Å². The molecule has 0 aromatic heterocycles. The van der Waals surface area contributed by atoms with Crippen molar-refractivity contribution in [2.75, 3.05) is 14.2 Å². The highest BCUT2D eigenvalue weighted by atomic mass is 16.5. The molecule has 0 amide bonds. The van der Waals surface area contributed by atoms with Crippen LogP contribution in [0.2, 0.25) is 0 Å². The number of esters is 2. The van der Waals surface area contributed by atoms with Gasteiger partial charge in [0.2, 0.25) is 0 Å². The lowest BCUT2D eigenvalue weighted by Gasteiger charge is -2.12. The topological polar surface area (TPSA) is 93.1 Å². The molecule has 6 heteroatoms. The highest BCUT2D eigenvalue weighted by Gasteiger charge is 2.24. The summed E-state index contributed by atoms with van der Waals surface area (Å²) in [7, 11) is 2.29. The molecule has 0 saturated heterocycles. The number of benzene rings is 1. The van der Waals surface area contributed by atoms with Gasteiger partial charge in [-0.15, -0.1) is 0 Å². The Bertz CT molecular complexity index is 437. The third kappa shape index (κ3) is 2.15. The molecule has 0 atom stereocenters. The van der Waals surface area contributed by atoms with Gasteiger partial charge in [0.05, 0.1) is 14.2 Å². The average molecular weight is 240 g/mol. The first-order valence-electron chi connectivity index (χ1n) is 4.66. The van der Waals surface area contributed by atoms with Gasteiger partial charge in [0.25, 0.3) is 0 Å². The summed E-state index contributed by atoms with van der Waals surface area (Å²) in [4.78, 5) is 22.8. The first kappa shape index (κ1) is 12.8. The largest absolute Gasteiger partial charge is 0.507 e. The molecule has 0 saturated carbocycles. The molecule has 0 spiro atoms. The Labute approximate surface area is 97.4 Å². The lowest BCUT2D eigenvalue weighted by Crippen LogP contribution is -2.11. The molecule has 0 aliphatic carbocycles. The zero-order valence-corrected chi connectivity index (χ0v) is 9.60. The van der Waals surface area contributed by atoms with Crippen LogP contribution in [0.15, 0.2) is 6.07 Å². The van der Waals surface area contributed by atoms with E-state index in [1.807, 2.05) is 0 Å². The number of phenolic OH excluding ortho intramolecular Hbond substituents is 2. The van der Waals surface area contributed by atoms with E-state index >= 15 is 0 Å². The summed E-state index contributed by atoms with van der Waals surface area (Å²) < 4.78 is 8.95. The molecule has 17 heavy (non-hydrogen) atoms. The van der Waals surface area contributed by atoms with Crippen LogP contribution in [-0.2, 0) is 9.47 Å². The number of ether oxygens (including phenoxy) is 2. The van der Waals surface area contributed by atoms with E-state index in [0.717, 1.165) is 20.3 Å². The molecule has 0 radical (unpaired) electrons. The number of rotatable bonds is 2. The van der Waals surface area contributed by atoms with E-state index in [1.54, 1.807) is 0 Å². The van der Waals surface area contributed by atoms with Crippen LogP contribution in [0.5, 0.6) is 11.5 Å². The minimum Gasteiger partial charge on any atom is -0.507 e. The van der Waals surface area contributed by atoms with E-state index in [-0.39, 0.29) is 16.7 Å². The summed E-state index contributed by atoms with van der Waals surface area (Å²) in [5.41, 5.74) is -0.252. The fourth-order valence-corrected chi connectivity index (χ4v) is 1.50. The minimum absolute atomic E-state index is 0.0983. The molecule has 1 aromatic rings. The van der Waals surface area contributed by atoms with Crippen molar-refractivity contribution in [3.63, 3.8) is 0 Å². The molecule has 0 aliphatic heterocycles. The van der Waals surface area contributed by atoms with Gasteiger partial charge in [0, 0.05) is 6.07 Å². The zero-order chi connectivity index (χ0) is 13.2. The Kier molecular flexibility index (Phi) is 3.57. The molecular formula is C11H12O6. The van der Waals surface area contributed by atoms with E-state index in [4.69, 9.17) is 0 Å². The van der Waals surface area contributed by atoms with Gasteiger partial charge in [0.15, 0.2) is 0 Å². The van der Waals surface area contributed by atoms with Gasteiger partial charge in [0.1, 0.15) is 22.6 Å². The fraction of sp³-hybridized carbons (Fsp3) is 0.273. The Morgan fingerprint density at radius 3 is 1.65 bits per heavy atom. The van der Waals surface area contributed by atoms with Gasteiger partial charge in [-0.05, 0) is 12.5 Å². The van der Waals surface area contributed by atoms with Crippen molar-refractivity contribution in [3.05, 3.63) is 22.8 Å².